The number of carbonyl (C=O) groups is 2. The van der Waals surface area contributed by atoms with Gasteiger partial charge in [-0.05, 0) is 61.3 Å². The molecule has 0 saturated heterocycles. The van der Waals surface area contributed by atoms with Crippen LogP contribution in [0.1, 0.15) is 56.8 Å². The molecule has 5 heteroatoms. The number of esters is 1. The van der Waals surface area contributed by atoms with E-state index in [9.17, 15) is 9.59 Å². The Balaban J connectivity index is 1.66. The van der Waals surface area contributed by atoms with Crippen LogP contribution >= 0.6 is 0 Å². The Morgan fingerprint density at radius 2 is 1.64 bits per heavy atom. The summed E-state index contributed by atoms with van der Waals surface area (Å²) in [6, 6.07) is 6.16. The molecule has 1 aliphatic carbocycles. The highest BCUT2D eigenvalue weighted by Gasteiger charge is 2.32. The zero-order valence-electron chi connectivity index (χ0n) is 15.3. The molecule has 25 heavy (non-hydrogen) atoms. The van der Waals surface area contributed by atoms with Gasteiger partial charge in [-0.3, -0.25) is 4.79 Å². The number of ether oxygens (including phenoxy) is 2. The Kier molecular flexibility index (Phi) is 6.45. The molecule has 5 nitrogen and oxygen atoms in total. The third kappa shape index (κ3) is 5.76. The van der Waals surface area contributed by atoms with E-state index < -0.39 is 5.97 Å². The molecule has 0 aromatic heterocycles. The maximum Gasteiger partial charge on any atom is 0.335 e. The predicted molar refractivity (Wildman–Crippen MR) is 94.8 cm³/mol. The van der Waals surface area contributed by atoms with Crippen molar-refractivity contribution in [2.24, 2.45) is 17.3 Å². The zero-order chi connectivity index (χ0) is 18.4. The van der Waals surface area contributed by atoms with Crippen LogP contribution in [0, 0.1) is 17.3 Å². The van der Waals surface area contributed by atoms with E-state index in [-0.39, 0.29) is 30.7 Å². The van der Waals surface area contributed by atoms with E-state index in [0.29, 0.717) is 17.1 Å². The highest BCUT2D eigenvalue weighted by atomic mass is 16.6. The number of aromatic carboxylic acids is 1. The predicted octanol–water partition coefficient (Wildman–Crippen LogP) is 4.16. The lowest BCUT2D eigenvalue weighted by Gasteiger charge is -2.36. The fourth-order valence-corrected chi connectivity index (χ4v) is 3.31. The summed E-state index contributed by atoms with van der Waals surface area (Å²) in [6.45, 7) is 7.25. The van der Waals surface area contributed by atoms with Crippen molar-refractivity contribution < 1.29 is 24.2 Å². The van der Waals surface area contributed by atoms with E-state index >= 15 is 0 Å². The second-order valence-corrected chi connectivity index (χ2v) is 7.76. The quantitative estimate of drug-likeness (QED) is 0.617. The first-order valence-electron chi connectivity index (χ1n) is 8.90. The normalized spacial score (nSPS) is 20.8. The van der Waals surface area contributed by atoms with Crippen LogP contribution in [0.15, 0.2) is 24.3 Å². The number of hydrogen-bond donors (Lipinski definition) is 1. The van der Waals surface area contributed by atoms with Gasteiger partial charge in [0.15, 0.2) is 0 Å². The van der Waals surface area contributed by atoms with Crippen LogP contribution in [0.25, 0.3) is 0 Å². The number of carboxylic acid groups (broad SMARTS) is 1. The molecule has 0 heterocycles. The van der Waals surface area contributed by atoms with Gasteiger partial charge in [0.2, 0.25) is 0 Å². The Morgan fingerprint density at radius 1 is 1.04 bits per heavy atom. The second kappa shape index (κ2) is 8.37. The molecule has 1 aromatic carbocycles. The Bertz CT molecular complexity index is 577. The molecule has 0 amide bonds. The summed E-state index contributed by atoms with van der Waals surface area (Å²) < 4.78 is 10.8. The lowest BCUT2D eigenvalue weighted by molar-refractivity contribution is -0.151. The fraction of sp³-hybridized carbons (Fsp3) is 0.600. The van der Waals surface area contributed by atoms with Crippen LogP contribution in [0.3, 0.4) is 0 Å². The summed E-state index contributed by atoms with van der Waals surface area (Å²) in [5, 5.41) is 8.84. The third-order valence-electron chi connectivity index (χ3n) is 4.98. The first kappa shape index (κ1) is 19.3. The topological polar surface area (TPSA) is 72.8 Å². The van der Waals surface area contributed by atoms with Gasteiger partial charge in [0, 0.05) is 0 Å². The number of carboxylic acids is 1. The Morgan fingerprint density at radius 3 is 2.16 bits per heavy atom. The van der Waals surface area contributed by atoms with Crippen molar-refractivity contribution in [1.29, 1.82) is 0 Å². The van der Waals surface area contributed by atoms with Gasteiger partial charge >= 0.3 is 11.9 Å². The highest BCUT2D eigenvalue weighted by molar-refractivity contribution is 5.87. The number of rotatable bonds is 6. The van der Waals surface area contributed by atoms with Crippen LogP contribution in [-0.2, 0) is 9.53 Å². The lowest BCUT2D eigenvalue weighted by Crippen LogP contribution is -2.30. The maximum absolute atomic E-state index is 12.1. The summed E-state index contributed by atoms with van der Waals surface area (Å²) in [7, 11) is 0. The molecule has 0 unspecified atom stereocenters. The fourth-order valence-electron chi connectivity index (χ4n) is 3.31. The van der Waals surface area contributed by atoms with Crippen molar-refractivity contribution in [2.45, 2.75) is 46.5 Å². The minimum atomic E-state index is -0.971. The molecule has 2 rings (SSSR count). The van der Waals surface area contributed by atoms with Gasteiger partial charge in [0.05, 0.1) is 11.5 Å². The average Bonchev–Trinajstić information content (AvgIpc) is 2.58. The van der Waals surface area contributed by atoms with E-state index in [1.807, 2.05) is 0 Å². The lowest BCUT2D eigenvalue weighted by atomic mass is 9.70. The smallest absolute Gasteiger partial charge is 0.335 e. The molecule has 1 fully saturated rings. The van der Waals surface area contributed by atoms with Crippen molar-refractivity contribution in [1.82, 2.24) is 0 Å². The van der Waals surface area contributed by atoms with E-state index in [0.717, 1.165) is 25.7 Å². The van der Waals surface area contributed by atoms with Crippen LogP contribution in [0.2, 0.25) is 0 Å². The molecule has 1 saturated carbocycles. The molecule has 138 valence electrons. The van der Waals surface area contributed by atoms with E-state index in [1.54, 1.807) is 12.1 Å². The SMILES string of the molecule is CC(C)(C)C1CCC(C(=O)OCCOc2ccc(C(=O)O)cc2)CC1. The molecular formula is C20H28O5. The zero-order valence-corrected chi connectivity index (χ0v) is 15.3. The summed E-state index contributed by atoms with van der Waals surface area (Å²) in [4.78, 5) is 22.9. The van der Waals surface area contributed by atoms with Crippen molar-refractivity contribution in [2.75, 3.05) is 13.2 Å². The molecule has 0 radical (unpaired) electrons. The van der Waals surface area contributed by atoms with Crippen LogP contribution < -0.4 is 4.74 Å². The largest absolute Gasteiger partial charge is 0.490 e. The number of benzene rings is 1. The van der Waals surface area contributed by atoms with Crippen LogP contribution in [0.5, 0.6) is 5.75 Å². The highest BCUT2D eigenvalue weighted by Crippen LogP contribution is 2.40. The second-order valence-electron chi connectivity index (χ2n) is 7.76. The van der Waals surface area contributed by atoms with Crippen LogP contribution in [-0.4, -0.2) is 30.3 Å². The van der Waals surface area contributed by atoms with Crippen molar-refractivity contribution in [3.63, 3.8) is 0 Å². The Hall–Kier alpha value is -2.04. The average molecular weight is 348 g/mol. The van der Waals surface area contributed by atoms with Gasteiger partial charge in [-0.2, -0.15) is 0 Å². The minimum absolute atomic E-state index is 0.00782. The van der Waals surface area contributed by atoms with Gasteiger partial charge in [-0.25, -0.2) is 4.79 Å². The molecular weight excluding hydrogens is 320 g/mol. The van der Waals surface area contributed by atoms with Gasteiger partial charge in [-0.1, -0.05) is 20.8 Å². The van der Waals surface area contributed by atoms with Crippen molar-refractivity contribution >= 4 is 11.9 Å². The van der Waals surface area contributed by atoms with E-state index in [4.69, 9.17) is 14.6 Å². The van der Waals surface area contributed by atoms with Crippen LogP contribution in [0.4, 0.5) is 0 Å². The Labute approximate surface area is 149 Å². The molecule has 0 spiro atoms. The summed E-state index contributed by atoms with van der Waals surface area (Å²) >= 11 is 0. The maximum atomic E-state index is 12.1. The first-order chi connectivity index (χ1) is 11.8. The van der Waals surface area contributed by atoms with Gasteiger partial charge in [0.1, 0.15) is 19.0 Å². The molecule has 0 aliphatic heterocycles. The summed E-state index contributed by atoms with van der Waals surface area (Å²) in [6.07, 6.45) is 3.96. The third-order valence-corrected chi connectivity index (χ3v) is 4.98. The summed E-state index contributed by atoms with van der Waals surface area (Å²) in [5.41, 5.74) is 0.517. The minimum Gasteiger partial charge on any atom is -0.490 e. The molecule has 1 N–H and O–H groups in total. The first-order valence-corrected chi connectivity index (χ1v) is 8.90. The standard InChI is InChI=1S/C20H28O5/c1-20(2,3)16-8-4-15(5-9-16)19(23)25-13-12-24-17-10-6-14(7-11-17)18(21)22/h6-7,10-11,15-16H,4-5,8-9,12-13H2,1-3H3,(H,21,22). The number of carbonyl (C=O) groups excluding carboxylic acids is 1. The molecule has 0 atom stereocenters. The molecule has 1 aromatic rings. The van der Waals surface area contributed by atoms with Gasteiger partial charge in [-0.15, -0.1) is 0 Å². The van der Waals surface area contributed by atoms with E-state index in [2.05, 4.69) is 20.8 Å². The number of hydrogen-bond acceptors (Lipinski definition) is 4. The van der Waals surface area contributed by atoms with Gasteiger partial charge in [0.25, 0.3) is 0 Å². The summed E-state index contributed by atoms with van der Waals surface area (Å²) in [5.74, 6) is 0.146. The van der Waals surface area contributed by atoms with E-state index in [1.165, 1.54) is 12.1 Å². The molecule has 1 aliphatic rings. The molecule has 0 bridgehead atoms. The van der Waals surface area contributed by atoms with Crippen molar-refractivity contribution in [3.8, 4) is 5.75 Å². The van der Waals surface area contributed by atoms with Crippen molar-refractivity contribution in [3.05, 3.63) is 29.8 Å². The van der Waals surface area contributed by atoms with Gasteiger partial charge < -0.3 is 14.6 Å². The monoisotopic (exact) mass is 348 g/mol.